The molecule has 5 rings (SSSR count). The van der Waals surface area contributed by atoms with E-state index in [2.05, 4.69) is 14.9 Å². The predicted octanol–water partition coefficient (Wildman–Crippen LogP) is 3.66. The fourth-order valence-corrected chi connectivity index (χ4v) is 4.37. The van der Waals surface area contributed by atoms with Crippen LogP contribution in [0.15, 0.2) is 36.5 Å². The molecular formula is C21H22N4O2. The number of H-pyrrole nitrogens is 1. The van der Waals surface area contributed by atoms with Crippen LogP contribution in [0.2, 0.25) is 0 Å². The van der Waals surface area contributed by atoms with Gasteiger partial charge in [0.2, 0.25) is 0 Å². The van der Waals surface area contributed by atoms with Gasteiger partial charge in [-0.1, -0.05) is 12.1 Å². The minimum atomic E-state index is -0.406. The third-order valence-corrected chi connectivity index (χ3v) is 5.69. The number of rotatable bonds is 1. The van der Waals surface area contributed by atoms with E-state index in [0.717, 1.165) is 60.8 Å². The molecule has 0 radical (unpaired) electrons. The maximum Gasteiger partial charge on any atom is 0.170 e. The maximum absolute atomic E-state index is 12.7. The fourth-order valence-electron chi connectivity index (χ4n) is 4.37. The first-order valence-electron chi connectivity index (χ1n) is 9.52. The summed E-state index contributed by atoms with van der Waals surface area (Å²) in [6.45, 7) is 3.63. The molecule has 27 heavy (non-hydrogen) atoms. The molecule has 1 saturated heterocycles. The van der Waals surface area contributed by atoms with Gasteiger partial charge in [0, 0.05) is 25.7 Å². The minimum Gasteiger partial charge on any atom is -0.486 e. The molecule has 1 fully saturated rings. The predicted molar refractivity (Wildman–Crippen MR) is 103 cm³/mol. The van der Waals surface area contributed by atoms with Crippen LogP contribution in [-0.4, -0.2) is 39.4 Å². The van der Waals surface area contributed by atoms with Crippen molar-refractivity contribution in [3.05, 3.63) is 47.9 Å². The van der Waals surface area contributed by atoms with Gasteiger partial charge in [0.15, 0.2) is 11.6 Å². The van der Waals surface area contributed by atoms with Crippen molar-refractivity contribution in [2.75, 3.05) is 18.0 Å². The molecule has 138 valence electrons. The normalized spacial score (nSPS) is 22.6. The minimum absolute atomic E-state index is 0.190. The summed E-state index contributed by atoms with van der Waals surface area (Å²) in [6.07, 6.45) is 5.00. The monoisotopic (exact) mass is 362 g/mol. The lowest BCUT2D eigenvalue weighted by molar-refractivity contribution is 0.0323. The number of ketones is 1. The number of carbonyl (C=O) groups excluding carboxylic acids is 1. The summed E-state index contributed by atoms with van der Waals surface area (Å²) < 4.78 is 6.40. The van der Waals surface area contributed by atoms with Crippen molar-refractivity contribution in [1.82, 2.24) is 15.0 Å². The Bertz CT molecular complexity index is 1030. The van der Waals surface area contributed by atoms with E-state index in [1.165, 1.54) is 0 Å². The van der Waals surface area contributed by atoms with Gasteiger partial charge in [0.1, 0.15) is 22.7 Å². The Morgan fingerprint density at radius 2 is 2.04 bits per heavy atom. The van der Waals surface area contributed by atoms with E-state index < -0.39 is 5.60 Å². The zero-order chi connectivity index (χ0) is 18.4. The third-order valence-electron chi connectivity index (χ3n) is 5.69. The molecule has 1 unspecified atom stereocenters. The molecule has 0 saturated carbocycles. The number of aromatic nitrogens is 3. The van der Waals surface area contributed by atoms with Crippen LogP contribution in [0.3, 0.4) is 0 Å². The van der Waals surface area contributed by atoms with Crippen molar-refractivity contribution < 1.29 is 9.53 Å². The van der Waals surface area contributed by atoms with Crippen molar-refractivity contribution in [1.29, 1.82) is 0 Å². The topological polar surface area (TPSA) is 71.1 Å². The van der Waals surface area contributed by atoms with Crippen molar-refractivity contribution in [3.63, 3.8) is 0 Å². The lowest BCUT2D eigenvalue weighted by Crippen LogP contribution is -2.43. The molecule has 0 aliphatic carbocycles. The average Bonchev–Trinajstić information content (AvgIpc) is 3.03. The molecule has 0 bridgehead atoms. The molecule has 4 heterocycles. The zero-order valence-corrected chi connectivity index (χ0v) is 15.4. The molecule has 2 aliphatic heterocycles. The first-order chi connectivity index (χ1) is 13.1. The Morgan fingerprint density at radius 1 is 1.15 bits per heavy atom. The van der Waals surface area contributed by atoms with Crippen LogP contribution in [-0.2, 0) is 0 Å². The fraction of sp³-hybridized carbons (Fsp3) is 0.381. The summed E-state index contributed by atoms with van der Waals surface area (Å²) in [5.41, 5.74) is 2.22. The SMILES string of the molecule is Cc1nc(N2CCCC3(CC2)CC(=O)c2ccccc2O3)c2[nH]ccc2n1. The maximum atomic E-state index is 12.7. The van der Waals surface area contributed by atoms with Crippen molar-refractivity contribution >= 4 is 22.6 Å². The number of nitrogens with one attached hydrogen (secondary N) is 1. The first kappa shape index (κ1) is 16.3. The lowest BCUT2D eigenvalue weighted by Gasteiger charge is -2.37. The van der Waals surface area contributed by atoms with Crippen LogP contribution in [0.5, 0.6) is 5.75 Å². The first-order valence-corrected chi connectivity index (χ1v) is 9.52. The molecule has 0 amide bonds. The second-order valence-electron chi connectivity index (χ2n) is 7.55. The largest absolute Gasteiger partial charge is 0.486 e. The van der Waals surface area contributed by atoms with Gasteiger partial charge < -0.3 is 14.6 Å². The molecule has 1 spiro atoms. The Morgan fingerprint density at radius 3 is 2.96 bits per heavy atom. The van der Waals surface area contributed by atoms with Gasteiger partial charge in [0.05, 0.1) is 17.5 Å². The van der Waals surface area contributed by atoms with Crippen LogP contribution >= 0.6 is 0 Å². The van der Waals surface area contributed by atoms with E-state index in [-0.39, 0.29) is 5.78 Å². The van der Waals surface area contributed by atoms with E-state index in [1.54, 1.807) is 0 Å². The number of aryl methyl sites for hydroxylation is 1. The van der Waals surface area contributed by atoms with E-state index in [0.29, 0.717) is 12.0 Å². The Hall–Kier alpha value is -2.89. The molecule has 6 heteroatoms. The number of Topliss-reactive ketones (excluding diaryl/α,β-unsaturated/α-hetero) is 1. The third kappa shape index (κ3) is 2.76. The highest BCUT2D eigenvalue weighted by molar-refractivity contribution is 6.00. The van der Waals surface area contributed by atoms with Crippen LogP contribution in [0.4, 0.5) is 5.82 Å². The van der Waals surface area contributed by atoms with E-state index in [4.69, 9.17) is 9.72 Å². The number of aromatic amines is 1. The van der Waals surface area contributed by atoms with Crippen LogP contribution in [0, 0.1) is 6.92 Å². The number of fused-ring (bicyclic) bond motifs is 2. The van der Waals surface area contributed by atoms with E-state index in [1.807, 2.05) is 43.5 Å². The second-order valence-corrected chi connectivity index (χ2v) is 7.55. The molecular weight excluding hydrogens is 340 g/mol. The Kier molecular flexibility index (Phi) is 3.67. The van der Waals surface area contributed by atoms with Gasteiger partial charge in [-0.2, -0.15) is 0 Å². The number of anilines is 1. The van der Waals surface area contributed by atoms with Crippen molar-refractivity contribution in [2.24, 2.45) is 0 Å². The average molecular weight is 362 g/mol. The molecule has 2 aliphatic rings. The molecule has 1 N–H and O–H groups in total. The number of hydrogen-bond acceptors (Lipinski definition) is 5. The number of ether oxygens (including phenoxy) is 1. The van der Waals surface area contributed by atoms with Crippen molar-refractivity contribution in [2.45, 2.75) is 38.2 Å². The number of carbonyl (C=O) groups is 1. The number of nitrogens with zero attached hydrogens (tertiary/aromatic N) is 3. The van der Waals surface area contributed by atoms with Gasteiger partial charge in [-0.05, 0) is 38.0 Å². The summed E-state index contributed by atoms with van der Waals surface area (Å²) in [5.74, 6) is 2.64. The van der Waals surface area contributed by atoms with Crippen molar-refractivity contribution in [3.8, 4) is 5.75 Å². The van der Waals surface area contributed by atoms with Gasteiger partial charge >= 0.3 is 0 Å². The molecule has 1 aromatic carbocycles. The zero-order valence-electron chi connectivity index (χ0n) is 15.4. The highest BCUT2D eigenvalue weighted by Crippen LogP contribution is 2.40. The number of para-hydroxylation sites is 1. The molecule has 3 aromatic rings. The highest BCUT2D eigenvalue weighted by atomic mass is 16.5. The van der Waals surface area contributed by atoms with E-state index in [9.17, 15) is 4.79 Å². The second kappa shape index (κ2) is 6.08. The summed E-state index contributed by atoms with van der Waals surface area (Å²) >= 11 is 0. The van der Waals surface area contributed by atoms with Gasteiger partial charge in [-0.15, -0.1) is 0 Å². The summed E-state index contributed by atoms with van der Waals surface area (Å²) in [4.78, 5) is 27.5. The quantitative estimate of drug-likeness (QED) is 0.715. The van der Waals surface area contributed by atoms with Gasteiger partial charge in [-0.3, -0.25) is 4.79 Å². The number of benzene rings is 1. The Labute approximate surface area is 157 Å². The highest BCUT2D eigenvalue weighted by Gasteiger charge is 2.41. The van der Waals surface area contributed by atoms with Crippen LogP contribution < -0.4 is 9.64 Å². The van der Waals surface area contributed by atoms with Gasteiger partial charge in [0.25, 0.3) is 0 Å². The summed E-state index contributed by atoms with van der Waals surface area (Å²) in [6, 6.07) is 9.57. The van der Waals surface area contributed by atoms with Crippen LogP contribution in [0.25, 0.3) is 11.0 Å². The summed E-state index contributed by atoms with van der Waals surface area (Å²) in [5, 5.41) is 0. The molecule has 1 atom stereocenters. The Balaban J connectivity index is 1.44. The number of hydrogen-bond donors (Lipinski definition) is 1. The van der Waals surface area contributed by atoms with E-state index >= 15 is 0 Å². The summed E-state index contributed by atoms with van der Waals surface area (Å²) in [7, 11) is 0. The lowest BCUT2D eigenvalue weighted by atomic mass is 9.84. The molecule has 2 aromatic heterocycles. The van der Waals surface area contributed by atoms with Gasteiger partial charge in [-0.25, -0.2) is 9.97 Å². The smallest absolute Gasteiger partial charge is 0.170 e. The standard InChI is InChI=1S/C21H22N4O2/c1-14-23-16-7-10-22-19(16)20(24-14)25-11-4-8-21(9-12-25)13-17(26)15-5-2-3-6-18(15)27-21/h2-3,5-7,10,22H,4,8-9,11-13H2,1H3. The van der Waals surface area contributed by atoms with Crippen LogP contribution in [0.1, 0.15) is 41.9 Å². The molecule has 6 nitrogen and oxygen atoms in total.